The van der Waals surface area contributed by atoms with Gasteiger partial charge >= 0.3 is 0 Å². The van der Waals surface area contributed by atoms with E-state index in [9.17, 15) is 10.2 Å². The summed E-state index contributed by atoms with van der Waals surface area (Å²) in [7, 11) is 1.69. The molecule has 0 amide bonds. The fourth-order valence-electron chi connectivity index (χ4n) is 4.71. The van der Waals surface area contributed by atoms with Crippen molar-refractivity contribution in [1.29, 1.82) is 0 Å². The summed E-state index contributed by atoms with van der Waals surface area (Å²) >= 11 is 0. The van der Waals surface area contributed by atoms with Crippen molar-refractivity contribution >= 4 is 0 Å². The van der Waals surface area contributed by atoms with E-state index in [-0.39, 0.29) is 18.9 Å². The molecule has 2 N–H and O–H groups in total. The Labute approximate surface area is 133 Å². The summed E-state index contributed by atoms with van der Waals surface area (Å²) in [6, 6.07) is 3.79. The van der Waals surface area contributed by atoms with Gasteiger partial charge < -0.3 is 24.4 Å². The maximum Gasteiger partial charge on any atom is 0.231 e. The molecule has 3 heterocycles. The number of hydrogen-bond donors (Lipinski definition) is 2. The zero-order valence-corrected chi connectivity index (χ0v) is 12.8. The Kier molecular flexibility index (Phi) is 2.69. The molecule has 1 aromatic carbocycles. The van der Waals surface area contributed by atoms with E-state index >= 15 is 0 Å². The molecule has 122 valence electrons. The number of aliphatic hydroxyl groups is 2. The number of ether oxygens (including phenoxy) is 3. The van der Waals surface area contributed by atoms with Crippen LogP contribution in [0.1, 0.15) is 23.8 Å². The average molecular weight is 317 g/mol. The van der Waals surface area contributed by atoms with E-state index in [2.05, 4.69) is 6.08 Å². The van der Waals surface area contributed by atoms with Crippen LogP contribution in [0.3, 0.4) is 0 Å². The lowest BCUT2D eigenvalue weighted by Crippen LogP contribution is -2.53. The Morgan fingerprint density at radius 2 is 2.04 bits per heavy atom. The molecular formula is C17H19NO5. The van der Waals surface area contributed by atoms with Crippen LogP contribution < -0.4 is 9.47 Å². The van der Waals surface area contributed by atoms with Crippen molar-refractivity contribution < 1.29 is 24.4 Å². The minimum absolute atomic E-state index is 0.00341. The molecule has 0 spiro atoms. The van der Waals surface area contributed by atoms with Gasteiger partial charge in [0.2, 0.25) is 6.79 Å². The Morgan fingerprint density at radius 1 is 1.26 bits per heavy atom. The lowest BCUT2D eigenvalue weighted by Gasteiger charge is -2.48. The van der Waals surface area contributed by atoms with E-state index in [1.807, 2.05) is 23.1 Å². The maximum atomic E-state index is 10.8. The van der Waals surface area contributed by atoms with E-state index in [1.54, 1.807) is 7.11 Å². The number of benzene rings is 1. The average Bonchev–Trinajstić information content (AvgIpc) is 3.12. The maximum absolute atomic E-state index is 10.8. The fraction of sp³-hybridized carbons (Fsp3) is 0.529. The highest BCUT2D eigenvalue weighted by molar-refractivity contribution is 5.57. The Balaban J connectivity index is 1.75. The second-order valence-electron chi connectivity index (χ2n) is 6.70. The third-order valence-electron chi connectivity index (χ3n) is 5.84. The number of nitrogens with zero attached hydrogens (tertiary/aromatic N) is 1. The molecule has 0 aromatic heterocycles. The summed E-state index contributed by atoms with van der Waals surface area (Å²) in [6.07, 6.45) is 3.51. The predicted octanol–water partition coefficient (Wildman–Crippen LogP) is 0.678. The molecule has 5 rings (SSSR count). The van der Waals surface area contributed by atoms with Gasteiger partial charge in [0.25, 0.3) is 0 Å². The van der Waals surface area contributed by atoms with Gasteiger partial charge in [-0.15, -0.1) is 0 Å². The van der Waals surface area contributed by atoms with E-state index < -0.39 is 17.7 Å². The van der Waals surface area contributed by atoms with Gasteiger partial charge in [-0.3, -0.25) is 4.90 Å². The highest BCUT2D eigenvalue weighted by atomic mass is 16.7. The quantitative estimate of drug-likeness (QED) is 0.742. The van der Waals surface area contributed by atoms with Crippen molar-refractivity contribution in [2.75, 3.05) is 20.4 Å². The number of fused-ring (bicyclic) bond motifs is 2. The van der Waals surface area contributed by atoms with Gasteiger partial charge in [-0.25, -0.2) is 0 Å². The number of hydrogen-bond acceptors (Lipinski definition) is 6. The Morgan fingerprint density at radius 3 is 2.83 bits per heavy atom. The zero-order chi connectivity index (χ0) is 15.8. The molecule has 6 atom stereocenters. The van der Waals surface area contributed by atoms with Crippen LogP contribution in [0.25, 0.3) is 0 Å². The molecule has 1 fully saturated rings. The molecule has 1 unspecified atom stereocenters. The number of aliphatic hydroxyl groups excluding tert-OH is 2. The molecule has 1 aromatic rings. The van der Waals surface area contributed by atoms with Gasteiger partial charge in [0, 0.05) is 25.3 Å². The highest BCUT2D eigenvalue weighted by Crippen LogP contribution is 2.56. The first-order valence-corrected chi connectivity index (χ1v) is 7.93. The Hall–Kier alpha value is -1.60. The van der Waals surface area contributed by atoms with Gasteiger partial charge in [-0.1, -0.05) is 12.2 Å². The molecular weight excluding hydrogens is 298 g/mol. The Bertz CT molecular complexity index is 704. The van der Waals surface area contributed by atoms with Crippen LogP contribution in [0.2, 0.25) is 0 Å². The summed E-state index contributed by atoms with van der Waals surface area (Å²) in [5, 5.41) is 21.7. The summed E-state index contributed by atoms with van der Waals surface area (Å²) in [5.41, 5.74) is 1.21. The van der Waals surface area contributed by atoms with Crippen LogP contribution in [0.15, 0.2) is 24.3 Å². The van der Waals surface area contributed by atoms with Crippen molar-refractivity contribution in [3.8, 4) is 11.5 Å². The standard InChI is InChI=1S/C17H19NO5/c1-21-9-2-3-17-11-6-13-12(22-8-23-13)5-10(11)16(20)18(7-15(17)19)14(17)4-9/h2-3,5-6,9,14-16,19-20H,4,7-8H2,1H3/t9-,14-,15-,16-,17+/m1/s1. The summed E-state index contributed by atoms with van der Waals surface area (Å²) in [4.78, 5) is 1.98. The largest absolute Gasteiger partial charge is 0.454 e. The van der Waals surface area contributed by atoms with Gasteiger partial charge in [0.15, 0.2) is 11.5 Å². The molecule has 1 aliphatic carbocycles. The predicted molar refractivity (Wildman–Crippen MR) is 80.3 cm³/mol. The van der Waals surface area contributed by atoms with Crippen LogP contribution in [0.5, 0.6) is 11.5 Å². The topological polar surface area (TPSA) is 71.4 Å². The van der Waals surface area contributed by atoms with Crippen LogP contribution in [-0.4, -0.2) is 53.8 Å². The van der Waals surface area contributed by atoms with Crippen LogP contribution in [0.4, 0.5) is 0 Å². The molecule has 2 bridgehead atoms. The van der Waals surface area contributed by atoms with Crippen molar-refractivity contribution in [3.05, 3.63) is 35.4 Å². The molecule has 6 nitrogen and oxygen atoms in total. The van der Waals surface area contributed by atoms with Gasteiger partial charge in [0.1, 0.15) is 6.23 Å². The second kappa shape index (κ2) is 4.48. The third kappa shape index (κ3) is 1.57. The second-order valence-corrected chi connectivity index (χ2v) is 6.70. The van der Waals surface area contributed by atoms with Crippen molar-refractivity contribution in [2.45, 2.75) is 36.3 Å². The van der Waals surface area contributed by atoms with Crippen LogP contribution >= 0.6 is 0 Å². The molecule has 6 heteroatoms. The summed E-state index contributed by atoms with van der Waals surface area (Å²) in [5.74, 6) is 1.33. The van der Waals surface area contributed by atoms with Crippen molar-refractivity contribution in [1.82, 2.24) is 4.90 Å². The molecule has 0 saturated carbocycles. The molecule has 0 radical (unpaired) electrons. The monoisotopic (exact) mass is 317 g/mol. The molecule has 3 aliphatic heterocycles. The minimum atomic E-state index is -0.751. The number of rotatable bonds is 1. The molecule has 4 aliphatic rings. The van der Waals surface area contributed by atoms with Gasteiger partial charge in [0.05, 0.1) is 17.6 Å². The molecule has 23 heavy (non-hydrogen) atoms. The normalized spacial score (nSPS) is 42.5. The van der Waals surface area contributed by atoms with E-state index in [0.717, 1.165) is 17.5 Å². The lowest BCUT2D eigenvalue weighted by molar-refractivity contribution is -0.0399. The first-order chi connectivity index (χ1) is 11.1. The van der Waals surface area contributed by atoms with Gasteiger partial charge in [-0.2, -0.15) is 0 Å². The van der Waals surface area contributed by atoms with Crippen molar-refractivity contribution in [2.24, 2.45) is 0 Å². The minimum Gasteiger partial charge on any atom is -0.454 e. The summed E-state index contributed by atoms with van der Waals surface area (Å²) in [6.45, 7) is 0.631. The molecule has 1 saturated heterocycles. The smallest absolute Gasteiger partial charge is 0.231 e. The summed E-state index contributed by atoms with van der Waals surface area (Å²) < 4.78 is 16.4. The lowest BCUT2D eigenvalue weighted by atomic mass is 9.65. The first-order valence-electron chi connectivity index (χ1n) is 7.93. The third-order valence-corrected chi connectivity index (χ3v) is 5.84. The van der Waals surface area contributed by atoms with Crippen LogP contribution in [0, 0.1) is 0 Å². The van der Waals surface area contributed by atoms with Crippen molar-refractivity contribution in [3.63, 3.8) is 0 Å². The number of methoxy groups -OCH3 is 1. The zero-order valence-electron chi connectivity index (χ0n) is 12.8. The highest BCUT2D eigenvalue weighted by Gasteiger charge is 2.61. The van der Waals surface area contributed by atoms with Gasteiger partial charge in [-0.05, 0) is 24.1 Å². The van der Waals surface area contributed by atoms with E-state index in [1.165, 1.54) is 0 Å². The van der Waals surface area contributed by atoms with E-state index in [4.69, 9.17) is 14.2 Å². The first kappa shape index (κ1) is 13.8. The fourth-order valence-corrected chi connectivity index (χ4v) is 4.71. The SMILES string of the molecule is CO[C@@H]1C=C[C@@]23c4cc5c(cc4[C@@H](O)N(C[C@H]2O)[C@@H]3C1)OCO5. The van der Waals surface area contributed by atoms with Crippen LogP contribution in [-0.2, 0) is 10.2 Å². The van der Waals surface area contributed by atoms with E-state index in [0.29, 0.717) is 18.0 Å².